The molecule has 0 saturated carbocycles. The lowest BCUT2D eigenvalue weighted by Gasteiger charge is -2.18. The van der Waals surface area contributed by atoms with E-state index in [0.29, 0.717) is 19.3 Å². The Morgan fingerprint density at radius 1 is 0.273 bits per heavy atom. The highest BCUT2D eigenvalue weighted by atomic mass is 16.6. The van der Waals surface area contributed by atoms with Gasteiger partial charge in [-0.15, -0.1) is 0 Å². The van der Waals surface area contributed by atoms with Gasteiger partial charge in [0.1, 0.15) is 13.2 Å². The third-order valence-electron chi connectivity index (χ3n) is 15.0. The van der Waals surface area contributed by atoms with Crippen molar-refractivity contribution < 1.29 is 28.6 Å². The molecule has 0 aliphatic rings. The lowest BCUT2D eigenvalue weighted by atomic mass is 10.0. The molecule has 0 aliphatic heterocycles. The summed E-state index contributed by atoms with van der Waals surface area (Å²) in [7, 11) is 0. The van der Waals surface area contributed by atoms with Gasteiger partial charge in [0.05, 0.1) is 0 Å². The number of rotatable bonds is 62. The fraction of sp³-hybridized carbons (Fsp3) is 0.817. The van der Waals surface area contributed by atoms with E-state index in [1.807, 2.05) is 6.08 Å². The maximum Gasteiger partial charge on any atom is 0.306 e. The van der Waals surface area contributed by atoms with Gasteiger partial charge in [0.25, 0.3) is 0 Å². The van der Waals surface area contributed by atoms with Gasteiger partial charge >= 0.3 is 17.9 Å². The van der Waals surface area contributed by atoms with Crippen molar-refractivity contribution in [3.8, 4) is 0 Å². The molecule has 0 spiro atoms. The first-order chi connectivity index (χ1) is 38.0. The highest BCUT2D eigenvalue weighted by Crippen LogP contribution is 2.18. The third-order valence-corrected chi connectivity index (χ3v) is 15.0. The largest absolute Gasteiger partial charge is 0.462 e. The Hall–Kier alpha value is -2.89. The van der Waals surface area contributed by atoms with Crippen molar-refractivity contribution in [3.05, 3.63) is 60.8 Å². The van der Waals surface area contributed by atoms with Crippen molar-refractivity contribution >= 4 is 17.9 Å². The summed E-state index contributed by atoms with van der Waals surface area (Å²) in [4.78, 5) is 38.1. The number of ether oxygens (including phenoxy) is 3. The van der Waals surface area contributed by atoms with Crippen molar-refractivity contribution in [2.75, 3.05) is 13.2 Å². The van der Waals surface area contributed by atoms with Crippen LogP contribution >= 0.6 is 0 Å². The van der Waals surface area contributed by atoms with Crippen LogP contribution < -0.4 is 0 Å². The van der Waals surface area contributed by atoms with E-state index in [4.69, 9.17) is 14.2 Å². The molecule has 77 heavy (non-hydrogen) atoms. The van der Waals surface area contributed by atoms with Crippen molar-refractivity contribution in [1.82, 2.24) is 0 Å². The van der Waals surface area contributed by atoms with E-state index in [1.54, 1.807) is 0 Å². The van der Waals surface area contributed by atoms with Crippen LogP contribution in [0.4, 0.5) is 0 Å². The van der Waals surface area contributed by atoms with Gasteiger partial charge in [0.15, 0.2) is 6.10 Å². The van der Waals surface area contributed by atoms with Crippen LogP contribution in [0.15, 0.2) is 60.8 Å². The molecule has 6 nitrogen and oxygen atoms in total. The molecule has 6 heteroatoms. The van der Waals surface area contributed by atoms with E-state index in [1.165, 1.54) is 238 Å². The first-order valence-electron chi connectivity index (χ1n) is 33.8. The van der Waals surface area contributed by atoms with Crippen molar-refractivity contribution in [3.63, 3.8) is 0 Å². The van der Waals surface area contributed by atoms with Crippen LogP contribution in [0.1, 0.15) is 355 Å². The Labute approximate surface area is 479 Å². The second-order valence-corrected chi connectivity index (χ2v) is 22.7. The first kappa shape index (κ1) is 74.1. The van der Waals surface area contributed by atoms with E-state index < -0.39 is 6.10 Å². The van der Waals surface area contributed by atoms with Gasteiger partial charge in [-0.05, 0) is 70.6 Å². The zero-order chi connectivity index (χ0) is 55.7. The maximum absolute atomic E-state index is 12.8. The maximum atomic E-state index is 12.8. The summed E-state index contributed by atoms with van der Waals surface area (Å²) in [6.45, 7) is 6.47. The Morgan fingerprint density at radius 3 is 0.870 bits per heavy atom. The molecule has 0 aromatic carbocycles. The summed E-state index contributed by atoms with van der Waals surface area (Å²) < 4.78 is 16.8. The second-order valence-electron chi connectivity index (χ2n) is 22.7. The van der Waals surface area contributed by atoms with E-state index >= 15 is 0 Å². The number of allylic oxidation sites excluding steroid dienone is 10. The number of carbonyl (C=O) groups excluding carboxylic acids is 3. The van der Waals surface area contributed by atoms with Gasteiger partial charge in [-0.3, -0.25) is 14.4 Å². The van der Waals surface area contributed by atoms with Crippen LogP contribution in [0, 0.1) is 0 Å². The summed E-state index contributed by atoms with van der Waals surface area (Å²) >= 11 is 0. The molecule has 0 aromatic rings. The minimum absolute atomic E-state index is 0.103. The molecular weight excluding hydrogens is 949 g/mol. The molecular formula is C71H128O6. The average molecular weight is 1080 g/mol. The number of unbranched alkanes of at least 4 members (excludes halogenated alkanes) is 41. The molecule has 0 aromatic heterocycles. The molecule has 448 valence electrons. The number of hydrogen-bond acceptors (Lipinski definition) is 6. The van der Waals surface area contributed by atoms with Crippen molar-refractivity contribution in [1.29, 1.82) is 0 Å². The molecule has 0 saturated heterocycles. The fourth-order valence-electron chi connectivity index (χ4n) is 9.99. The highest BCUT2D eigenvalue weighted by molar-refractivity contribution is 5.71. The Bertz CT molecular complexity index is 1380. The van der Waals surface area contributed by atoms with Crippen LogP contribution in [0.25, 0.3) is 0 Å². The van der Waals surface area contributed by atoms with E-state index in [-0.39, 0.29) is 37.5 Å². The Morgan fingerprint density at radius 2 is 0.532 bits per heavy atom. The lowest BCUT2D eigenvalue weighted by Crippen LogP contribution is -2.30. The van der Waals surface area contributed by atoms with Crippen molar-refractivity contribution in [2.45, 2.75) is 361 Å². The zero-order valence-electron chi connectivity index (χ0n) is 51.5. The normalized spacial score (nSPS) is 12.4. The SMILES string of the molecule is CC/C=C\C/C=C\C/C=C\C/C=C\CCC(=O)OC(COC(=O)CCCCCCC/C=C\CCCCC)COC(=O)CCCCCCCCCCCCCCCCCCCCCCCCCCCCCCCCCCCC. The van der Waals surface area contributed by atoms with Gasteiger partial charge in [0.2, 0.25) is 0 Å². The standard InChI is InChI=1S/C71H128O6/c1-4-7-10-13-16-19-22-25-26-27-28-29-30-31-32-33-34-35-36-37-38-39-40-41-42-43-44-45-47-49-52-55-58-61-64-70(73)76-67-68(66-75-69(72)63-60-57-54-51-48-24-21-18-15-12-9-6-3)77-71(74)65-62-59-56-53-50-46-23-20-17-14-11-8-5-2/h8,11,17-18,20-21,46,50,56,59,68H,4-7,9-10,12-16,19,22-45,47-49,51-55,57-58,60-67H2,1-3H3/b11-8-,20-17-,21-18-,50-46-,59-56-. The van der Waals surface area contributed by atoms with Crippen molar-refractivity contribution in [2.24, 2.45) is 0 Å². The summed E-state index contributed by atoms with van der Waals surface area (Å²) in [5.41, 5.74) is 0. The predicted molar refractivity (Wildman–Crippen MR) is 335 cm³/mol. The van der Waals surface area contributed by atoms with E-state index in [0.717, 1.165) is 70.6 Å². The molecule has 0 heterocycles. The number of esters is 3. The first-order valence-corrected chi connectivity index (χ1v) is 33.8. The molecule has 0 rings (SSSR count). The molecule has 0 N–H and O–H groups in total. The lowest BCUT2D eigenvalue weighted by molar-refractivity contribution is -0.166. The molecule has 1 unspecified atom stereocenters. The highest BCUT2D eigenvalue weighted by Gasteiger charge is 2.19. The van der Waals surface area contributed by atoms with Gasteiger partial charge in [0, 0.05) is 19.3 Å². The number of hydrogen-bond donors (Lipinski definition) is 0. The summed E-state index contributed by atoms with van der Waals surface area (Å²) in [6.07, 6.45) is 84.4. The van der Waals surface area contributed by atoms with Gasteiger partial charge in [-0.25, -0.2) is 0 Å². The Balaban J connectivity index is 4.04. The van der Waals surface area contributed by atoms with Crippen LogP contribution in [0.3, 0.4) is 0 Å². The number of carbonyl (C=O) groups is 3. The van der Waals surface area contributed by atoms with Gasteiger partial charge in [-0.2, -0.15) is 0 Å². The van der Waals surface area contributed by atoms with Crippen LogP contribution in [-0.2, 0) is 28.6 Å². The van der Waals surface area contributed by atoms with Crippen LogP contribution in [-0.4, -0.2) is 37.2 Å². The summed E-state index contributed by atoms with van der Waals surface area (Å²) in [6, 6.07) is 0. The molecule has 0 fully saturated rings. The Kier molecular flexibility index (Phi) is 63.2. The summed E-state index contributed by atoms with van der Waals surface area (Å²) in [5, 5.41) is 0. The average Bonchev–Trinajstić information content (AvgIpc) is 3.43. The molecule has 1 atom stereocenters. The van der Waals surface area contributed by atoms with E-state index in [9.17, 15) is 14.4 Å². The molecule has 0 aliphatic carbocycles. The molecule has 0 bridgehead atoms. The van der Waals surface area contributed by atoms with Crippen LogP contribution in [0.2, 0.25) is 0 Å². The summed E-state index contributed by atoms with van der Waals surface area (Å²) in [5.74, 6) is -0.981. The zero-order valence-corrected chi connectivity index (χ0v) is 51.5. The van der Waals surface area contributed by atoms with E-state index in [2.05, 4.69) is 75.5 Å². The molecule has 0 radical (unpaired) electrons. The van der Waals surface area contributed by atoms with Gasteiger partial charge < -0.3 is 14.2 Å². The third kappa shape index (κ3) is 63.8. The topological polar surface area (TPSA) is 78.9 Å². The smallest absolute Gasteiger partial charge is 0.306 e. The molecule has 0 amide bonds. The fourth-order valence-corrected chi connectivity index (χ4v) is 9.99. The predicted octanol–water partition coefficient (Wildman–Crippen LogP) is 23.1. The minimum atomic E-state index is -0.814. The minimum Gasteiger partial charge on any atom is -0.462 e. The van der Waals surface area contributed by atoms with Crippen LogP contribution in [0.5, 0.6) is 0 Å². The second kappa shape index (κ2) is 65.6. The van der Waals surface area contributed by atoms with Gasteiger partial charge in [-0.1, -0.05) is 326 Å². The quantitative estimate of drug-likeness (QED) is 0.0261. The monoisotopic (exact) mass is 1080 g/mol.